The summed E-state index contributed by atoms with van der Waals surface area (Å²) >= 11 is 0. The Bertz CT molecular complexity index is 473. The topological polar surface area (TPSA) is 24.5 Å². The molecule has 2 rings (SSSR count). The predicted molar refractivity (Wildman–Crippen MR) is 88.9 cm³/mol. The van der Waals surface area contributed by atoms with Crippen LogP contribution in [0.15, 0.2) is 12.1 Å². The molecule has 2 unspecified atom stereocenters. The Labute approximate surface area is 129 Å². The minimum Gasteiger partial charge on any atom is -0.374 e. The second kappa shape index (κ2) is 7.39. The Kier molecular flexibility index (Phi) is 5.80. The molecule has 2 atom stereocenters. The van der Waals surface area contributed by atoms with Gasteiger partial charge < -0.3 is 15.0 Å². The van der Waals surface area contributed by atoms with Gasteiger partial charge in [-0.25, -0.2) is 0 Å². The van der Waals surface area contributed by atoms with Crippen molar-refractivity contribution in [1.82, 2.24) is 10.2 Å². The molecule has 0 bridgehead atoms. The van der Waals surface area contributed by atoms with Crippen molar-refractivity contribution in [2.24, 2.45) is 0 Å². The van der Waals surface area contributed by atoms with Gasteiger partial charge in [0.2, 0.25) is 0 Å². The number of ether oxygens (including phenoxy) is 1. The van der Waals surface area contributed by atoms with Gasteiger partial charge in [-0.2, -0.15) is 0 Å². The van der Waals surface area contributed by atoms with Crippen LogP contribution in [0.2, 0.25) is 0 Å². The Morgan fingerprint density at radius 3 is 2.62 bits per heavy atom. The van der Waals surface area contributed by atoms with E-state index in [0.717, 1.165) is 32.7 Å². The first-order valence-corrected chi connectivity index (χ1v) is 8.14. The number of nitrogens with zero attached hydrogens (tertiary/aromatic N) is 1. The number of morpholine rings is 1. The summed E-state index contributed by atoms with van der Waals surface area (Å²) < 4.78 is 6.08. The van der Waals surface area contributed by atoms with Crippen molar-refractivity contribution < 1.29 is 4.74 Å². The average Bonchev–Trinajstić information content (AvgIpc) is 2.44. The molecular weight excluding hydrogens is 260 g/mol. The summed E-state index contributed by atoms with van der Waals surface area (Å²) in [4.78, 5) is 2.37. The van der Waals surface area contributed by atoms with E-state index in [1.54, 1.807) is 0 Å². The molecule has 1 saturated heterocycles. The first kappa shape index (κ1) is 16.5. The van der Waals surface area contributed by atoms with Crippen LogP contribution in [0.4, 0.5) is 0 Å². The molecule has 0 aromatic heterocycles. The zero-order valence-corrected chi connectivity index (χ0v) is 14.2. The third-order valence-electron chi connectivity index (χ3n) is 4.50. The zero-order chi connectivity index (χ0) is 15.4. The molecule has 0 amide bonds. The van der Waals surface area contributed by atoms with Crippen molar-refractivity contribution in [3.8, 4) is 0 Å². The molecule has 1 aliphatic rings. The first-order valence-electron chi connectivity index (χ1n) is 8.14. The second-order valence-corrected chi connectivity index (χ2v) is 6.40. The number of aryl methyl sites for hydroxylation is 3. The van der Waals surface area contributed by atoms with Crippen LogP contribution in [0.3, 0.4) is 0 Å². The minimum atomic E-state index is 0.233. The van der Waals surface area contributed by atoms with Crippen molar-refractivity contribution in [1.29, 1.82) is 0 Å². The maximum Gasteiger partial charge on any atom is 0.0896 e. The molecule has 1 fully saturated rings. The molecule has 0 saturated carbocycles. The Morgan fingerprint density at radius 1 is 1.24 bits per heavy atom. The fourth-order valence-electron chi connectivity index (χ4n) is 3.07. The lowest BCUT2D eigenvalue weighted by Crippen LogP contribution is -2.47. The van der Waals surface area contributed by atoms with Gasteiger partial charge in [0.05, 0.1) is 18.8 Å². The van der Waals surface area contributed by atoms with Crippen LogP contribution in [-0.4, -0.2) is 44.3 Å². The summed E-state index contributed by atoms with van der Waals surface area (Å²) in [7, 11) is 2.18. The highest BCUT2D eigenvalue weighted by atomic mass is 16.5. The van der Waals surface area contributed by atoms with E-state index < -0.39 is 0 Å². The molecule has 0 radical (unpaired) electrons. The lowest BCUT2D eigenvalue weighted by Gasteiger charge is -2.36. The largest absolute Gasteiger partial charge is 0.374 e. The monoisotopic (exact) mass is 290 g/mol. The van der Waals surface area contributed by atoms with E-state index in [1.807, 2.05) is 0 Å². The molecular formula is C18H30N2O. The molecule has 0 spiro atoms. The highest BCUT2D eigenvalue weighted by molar-refractivity contribution is 5.38. The van der Waals surface area contributed by atoms with E-state index in [2.05, 4.69) is 57.1 Å². The zero-order valence-electron chi connectivity index (χ0n) is 14.2. The van der Waals surface area contributed by atoms with Gasteiger partial charge in [0.15, 0.2) is 0 Å². The predicted octanol–water partition coefficient (Wildman–Crippen LogP) is 2.98. The SMILES string of the molecule is CCCNC(c1cc(C)c(C)cc1C)C1CN(C)CCO1. The lowest BCUT2D eigenvalue weighted by molar-refractivity contribution is -0.0393. The van der Waals surface area contributed by atoms with Crippen LogP contribution in [-0.2, 0) is 4.74 Å². The summed E-state index contributed by atoms with van der Waals surface area (Å²) in [6.07, 6.45) is 1.37. The summed E-state index contributed by atoms with van der Waals surface area (Å²) in [5, 5.41) is 3.71. The fourth-order valence-corrected chi connectivity index (χ4v) is 3.07. The maximum atomic E-state index is 6.08. The Morgan fingerprint density at radius 2 is 1.95 bits per heavy atom. The second-order valence-electron chi connectivity index (χ2n) is 6.40. The molecule has 3 nitrogen and oxygen atoms in total. The van der Waals surface area contributed by atoms with Gasteiger partial charge in [0.25, 0.3) is 0 Å². The van der Waals surface area contributed by atoms with Crippen LogP contribution < -0.4 is 5.32 Å². The third-order valence-corrected chi connectivity index (χ3v) is 4.50. The number of likely N-dealkylation sites (N-methyl/N-ethyl adjacent to an activating group) is 1. The lowest BCUT2D eigenvalue weighted by atomic mass is 9.92. The van der Waals surface area contributed by atoms with E-state index in [9.17, 15) is 0 Å². The van der Waals surface area contributed by atoms with Crippen molar-refractivity contribution in [3.63, 3.8) is 0 Å². The highest BCUT2D eigenvalue weighted by Crippen LogP contribution is 2.27. The highest BCUT2D eigenvalue weighted by Gasteiger charge is 2.28. The van der Waals surface area contributed by atoms with Crippen molar-refractivity contribution in [3.05, 3.63) is 34.4 Å². The normalized spacial score (nSPS) is 21.5. The summed E-state index contributed by atoms with van der Waals surface area (Å²) in [6.45, 7) is 12.7. The Hall–Kier alpha value is -0.900. The van der Waals surface area contributed by atoms with Gasteiger partial charge >= 0.3 is 0 Å². The van der Waals surface area contributed by atoms with E-state index in [1.165, 1.54) is 22.3 Å². The molecule has 1 aliphatic heterocycles. The number of nitrogens with one attached hydrogen (secondary N) is 1. The number of hydrogen-bond acceptors (Lipinski definition) is 3. The molecule has 21 heavy (non-hydrogen) atoms. The van der Waals surface area contributed by atoms with Crippen molar-refractivity contribution in [2.75, 3.05) is 33.3 Å². The summed E-state index contributed by atoms with van der Waals surface area (Å²) in [5.41, 5.74) is 5.49. The molecule has 118 valence electrons. The smallest absolute Gasteiger partial charge is 0.0896 e. The van der Waals surface area contributed by atoms with E-state index >= 15 is 0 Å². The standard InChI is InChI=1S/C18H30N2O/c1-6-7-19-18(17-12-20(5)8-9-21-17)16-11-14(3)13(2)10-15(16)4/h10-11,17-19H,6-9,12H2,1-5H3. The molecule has 0 aliphatic carbocycles. The number of benzene rings is 1. The first-order chi connectivity index (χ1) is 10.0. The Balaban J connectivity index is 2.28. The molecule has 1 aromatic rings. The summed E-state index contributed by atoms with van der Waals surface area (Å²) in [6, 6.07) is 4.93. The molecule has 1 heterocycles. The van der Waals surface area contributed by atoms with Gasteiger partial charge in [-0.15, -0.1) is 0 Å². The van der Waals surface area contributed by atoms with Crippen LogP contribution in [0.5, 0.6) is 0 Å². The van der Waals surface area contributed by atoms with Crippen LogP contribution in [0, 0.1) is 20.8 Å². The van der Waals surface area contributed by atoms with E-state index in [0.29, 0.717) is 0 Å². The summed E-state index contributed by atoms with van der Waals surface area (Å²) in [5.74, 6) is 0. The van der Waals surface area contributed by atoms with Crippen LogP contribution in [0.1, 0.15) is 41.6 Å². The fraction of sp³-hybridized carbons (Fsp3) is 0.667. The van der Waals surface area contributed by atoms with Crippen LogP contribution >= 0.6 is 0 Å². The van der Waals surface area contributed by atoms with Crippen molar-refractivity contribution >= 4 is 0 Å². The van der Waals surface area contributed by atoms with Crippen LogP contribution in [0.25, 0.3) is 0 Å². The maximum absolute atomic E-state index is 6.08. The van der Waals surface area contributed by atoms with Crippen molar-refractivity contribution in [2.45, 2.75) is 46.3 Å². The van der Waals surface area contributed by atoms with E-state index in [4.69, 9.17) is 4.74 Å². The molecule has 1 aromatic carbocycles. The molecule has 3 heteroatoms. The van der Waals surface area contributed by atoms with Gasteiger partial charge in [-0.1, -0.05) is 19.1 Å². The van der Waals surface area contributed by atoms with E-state index in [-0.39, 0.29) is 12.1 Å². The third kappa shape index (κ3) is 4.06. The number of rotatable bonds is 5. The minimum absolute atomic E-state index is 0.233. The average molecular weight is 290 g/mol. The quantitative estimate of drug-likeness (QED) is 0.902. The molecule has 1 N–H and O–H groups in total. The number of hydrogen-bond donors (Lipinski definition) is 1. The van der Waals surface area contributed by atoms with Gasteiger partial charge in [0, 0.05) is 13.1 Å². The van der Waals surface area contributed by atoms with Gasteiger partial charge in [-0.05, 0) is 63.0 Å². The van der Waals surface area contributed by atoms with Gasteiger partial charge in [-0.3, -0.25) is 0 Å². The van der Waals surface area contributed by atoms with Gasteiger partial charge in [0.1, 0.15) is 0 Å².